The molecule has 0 aromatic carbocycles. The summed E-state index contributed by atoms with van der Waals surface area (Å²) >= 11 is 0. The molecule has 2 aromatic rings. The third-order valence-corrected chi connectivity index (χ3v) is 2.28. The highest BCUT2D eigenvalue weighted by Gasteiger charge is 2.22. The van der Waals surface area contributed by atoms with Crippen molar-refractivity contribution in [2.75, 3.05) is 17.2 Å². The zero-order chi connectivity index (χ0) is 13.7. The van der Waals surface area contributed by atoms with Crippen LogP contribution in [0.1, 0.15) is 12.6 Å². The van der Waals surface area contributed by atoms with Gasteiger partial charge in [0, 0.05) is 12.6 Å². The first-order valence-electron chi connectivity index (χ1n) is 5.58. The molecule has 2 rings (SSSR count). The Kier molecular flexibility index (Phi) is 3.86. The summed E-state index contributed by atoms with van der Waals surface area (Å²) in [6.07, 6.45) is 2.69. The van der Waals surface area contributed by atoms with Crippen molar-refractivity contribution >= 4 is 17.3 Å². The summed E-state index contributed by atoms with van der Waals surface area (Å²) in [6, 6.07) is 1.66. The molecule has 0 fully saturated rings. The van der Waals surface area contributed by atoms with E-state index in [1.807, 2.05) is 6.92 Å². The highest BCUT2D eigenvalue weighted by molar-refractivity contribution is 5.69. The molecule has 2 N–H and O–H groups in total. The first-order chi connectivity index (χ1) is 9.22. The van der Waals surface area contributed by atoms with E-state index in [4.69, 9.17) is 0 Å². The third-order valence-electron chi connectivity index (χ3n) is 2.28. The molecule has 2 heterocycles. The number of nitrogens with zero attached hydrogens (tertiary/aromatic N) is 4. The van der Waals surface area contributed by atoms with Crippen molar-refractivity contribution in [1.82, 2.24) is 15.1 Å². The number of hydrogen-bond donors (Lipinski definition) is 2. The maximum atomic E-state index is 11.1. The van der Waals surface area contributed by atoms with Gasteiger partial charge in [0.2, 0.25) is 11.6 Å². The average molecular weight is 264 g/mol. The molecule has 2 aromatic heterocycles. The standard InChI is InChI=1S/C10H12N6O3/c1-2-11-9-8(16(17)18)10(14-6-13-9)12-5-7-3-4-19-15-7/h3-4,6H,2,5H2,1H3,(H2,11,12,13,14). The van der Waals surface area contributed by atoms with Gasteiger partial charge in [0.05, 0.1) is 11.5 Å². The van der Waals surface area contributed by atoms with Crippen LogP contribution in [0.15, 0.2) is 23.2 Å². The van der Waals surface area contributed by atoms with E-state index < -0.39 is 4.92 Å². The van der Waals surface area contributed by atoms with E-state index in [2.05, 4.69) is 30.3 Å². The molecule has 19 heavy (non-hydrogen) atoms. The van der Waals surface area contributed by atoms with E-state index >= 15 is 0 Å². The van der Waals surface area contributed by atoms with Crippen molar-refractivity contribution in [2.45, 2.75) is 13.5 Å². The van der Waals surface area contributed by atoms with E-state index in [9.17, 15) is 10.1 Å². The second kappa shape index (κ2) is 5.76. The fourth-order valence-electron chi connectivity index (χ4n) is 1.48. The fourth-order valence-corrected chi connectivity index (χ4v) is 1.48. The van der Waals surface area contributed by atoms with Gasteiger partial charge in [-0.3, -0.25) is 10.1 Å². The van der Waals surface area contributed by atoms with Crippen LogP contribution in [0.25, 0.3) is 0 Å². The molecule has 100 valence electrons. The molecule has 9 heteroatoms. The molecule has 0 aliphatic heterocycles. The molecule has 0 atom stereocenters. The third kappa shape index (κ3) is 2.94. The van der Waals surface area contributed by atoms with Crippen LogP contribution in [0.4, 0.5) is 17.3 Å². The van der Waals surface area contributed by atoms with Gasteiger partial charge in [-0.15, -0.1) is 0 Å². The van der Waals surface area contributed by atoms with Crippen LogP contribution >= 0.6 is 0 Å². The molecular formula is C10H12N6O3. The Balaban J connectivity index is 2.23. The highest BCUT2D eigenvalue weighted by atomic mass is 16.6. The predicted molar refractivity (Wildman–Crippen MR) is 66.7 cm³/mol. The topological polar surface area (TPSA) is 119 Å². The van der Waals surface area contributed by atoms with E-state index in [0.717, 1.165) is 0 Å². The van der Waals surface area contributed by atoms with Gasteiger partial charge in [-0.2, -0.15) is 0 Å². The maximum Gasteiger partial charge on any atom is 0.353 e. The second-order valence-electron chi connectivity index (χ2n) is 3.55. The van der Waals surface area contributed by atoms with Gasteiger partial charge in [0.15, 0.2) is 0 Å². The van der Waals surface area contributed by atoms with E-state index in [1.165, 1.54) is 12.6 Å². The minimum absolute atomic E-state index is 0.138. The second-order valence-corrected chi connectivity index (χ2v) is 3.55. The lowest BCUT2D eigenvalue weighted by Gasteiger charge is -2.07. The summed E-state index contributed by atoms with van der Waals surface area (Å²) < 4.78 is 4.67. The van der Waals surface area contributed by atoms with Gasteiger partial charge in [-0.05, 0) is 6.92 Å². The quantitative estimate of drug-likeness (QED) is 0.593. The van der Waals surface area contributed by atoms with Crippen LogP contribution in [0.5, 0.6) is 0 Å². The van der Waals surface area contributed by atoms with Crippen LogP contribution < -0.4 is 10.6 Å². The van der Waals surface area contributed by atoms with Gasteiger partial charge < -0.3 is 15.2 Å². The predicted octanol–water partition coefficient (Wildman–Crippen LogP) is 1.42. The molecule has 0 saturated heterocycles. The first-order valence-corrected chi connectivity index (χ1v) is 5.58. The van der Waals surface area contributed by atoms with Gasteiger partial charge in [-0.1, -0.05) is 5.16 Å². The molecule has 0 spiro atoms. The van der Waals surface area contributed by atoms with Crippen molar-refractivity contribution in [2.24, 2.45) is 0 Å². The van der Waals surface area contributed by atoms with Gasteiger partial charge >= 0.3 is 5.69 Å². The molecule has 0 aliphatic carbocycles. The Morgan fingerprint density at radius 3 is 2.68 bits per heavy atom. The monoisotopic (exact) mass is 264 g/mol. The van der Waals surface area contributed by atoms with Crippen molar-refractivity contribution in [3.05, 3.63) is 34.5 Å². The Labute approximate surface area is 108 Å². The molecule has 9 nitrogen and oxygen atoms in total. The van der Waals surface area contributed by atoms with Crippen LogP contribution in [0, 0.1) is 10.1 Å². The van der Waals surface area contributed by atoms with Crippen molar-refractivity contribution in [3.63, 3.8) is 0 Å². The average Bonchev–Trinajstić information content (AvgIpc) is 2.89. The fraction of sp³-hybridized carbons (Fsp3) is 0.300. The number of nitro groups is 1. The first kappa shape index (κ1) is 12.7. The SMILES string of the molecule is CCNc1ncnc(NCc2ccon2)c1[N+](=O)[O-]. The Hall–Kier alpha value is -2.71. The number of aromatic nitrogens is 3. The molecule has 0 saturated carbocycles. The van der Waals surface area contributed by atoms with Crippen LogP contribution in [-0.4, -0.2) is 26.6 Å². The summed E-state index contributed by atoms with van der Waals surface area (Å²) in [6.45, 7) is 2.63. The van der Waals surface area contributed by atoms with Crippen LogP contribution in [-0.2, 0) is 6.54 Å². The Morgan fingerprint density at radius 2 is 2.11 bits per heavy atom. The lowest BCUT2D eigenvalue weighted by molar-refractivity contribution is -0.383. The van der Waals surface area contributed by atoms with Gasteiger partial charge in [0.1, 0.15) is 18.3 Å². The highest BCUT2D eigenvalue weighted by Crippen LogP contribution is 2.28. The molecule has 0 amide bonds. The maximum absolute atomic E-state index is 11.1. The summed E-state index contributed by atoms with van der Waals surface area (Å²) in [5.41, 5.74) is 0.436. The molecular weight excluding hydrogens is 252 g/mol. The normalized spacial score (nSPS) is 10.2. The molecule has 0 aliphatic rings. The van der Waals surface area contributed by atoms with Crippen LogP contribution in [0.2, 0.25) is 0 Å². The number of rotatable bonds is 6. The van der Waals surface area contributed by atoms with E-state index in [0.29, 0.717) is 12.2 Å². The minimum atomic E-state index is -0.525. The zero-order valence-electron chi connectivity index (χ0n) is 10.2. The van der Waals surface area contributed by atoms with Crippen molar-refractivity contribution < 1.29 is 9.45 Å². The summed E-state index contributed by atoms with van der Waals surface area (Å²) in [5.74, 6) is 0.323. The summed E-state index contributed by atoms with van der Waals surface area (Å²) in [5, 5.41) is 20.5. The molecule has 0 unspecified atom stereocenters. The molecule has 0 radical (unpaired) electrons. The van der Waals surface area contributed by atoms with Gasteiger partial charge in [-0.25, -0.2) is 9.97 Å². The van der Waals surface area contributed by atoms with Crippen LogP contribution in [0.3, 0.4) is 0 Å². The van der Waals surface area contributed by atoms with Crippen molar-refractivity contribution in [1.29, 1.82) is 0 Å². The van der Waals surface area contributed by atoms with Gasteiger partial charge in [0.25, 0.3) is 0 Å². The van der Waals surface area contributed by atoms with Crippen molar-refractivity contribution in [3.8, 4) is 0 Å². The lowest BCUT2D eigenvalue weighted by atomic mass is 10.4. The minimum Gasteiger partial charge on any atom is -0.364 e. The largest absolute Gasteiger partial charge is 0.364 e. The van der Waals surface area contributed by atoms with E-state index in [1.54, 1.807) is 6.07 Å². The number of anilines is 2. The number of nitrogens with one attached hydrogen (secondary N) is 2. The lowest BCUT2D eigenvalue weighted by Crippen LogP contribution is -2.09. The van der Waals surface area contributed by atoms with E-state index in [-0.39, 0.29) is 23.9 Å². The summed E-state index contributed by atoms with van der Waals surface area (Å²) in [7, 11) is 0. The smallest absolute Gasteiger partial charge is 0.353 e. The molecule has 0 bridgehead atoms. The summed E-state index contributed by atoms with van der Waals surface area (Å²) in [4.78, 5) is 18.3. The number of hydrogen-bond acceptors (Lipinski definition) is 8. The Morgan fingerprint density at radius 1 is 1.37 bits per heavy atom. The Bertz CT molecular complexity index is 556. The zero-order valence-corrected chi connectivity index (χ0v) is 10.2.